The van der Waals surface area contributed by atoms with E-state index in [-0.39, 0.29) is 41.0 Å². The Balaban J connectivity index is 1.74. The van der Waals surface area contributed by atoms with E-state index in [0.717, 1.165) is 6.42 Å². The molecule has 0 unspecified atom stereocenters. The summed E-state index contributed by atoms with van der Waals surface area (Å²) in [4.78, 5) is 37.4. The predicted molar refractivity (Wildman–Crippen MR) is 73.6 cm³/mol. The molecule has 106 valence electrons. The molecule has 21 heavy (non-hydrogen) atoms. The zero-order valence-electron chi connectivity index (χ0n) is 11.1. The molecule has 1 aliphatic heterocycles. The molecular weight excluding hydrogens is 270 g/mol. The van der Waals surface area contributed by atoms with Crippen molar-refractivity contribution in [1.29, 1.82) is 0 Å². The van der Waals surface area contributed by atoms with Crippen molar-refractivity contribution < 1.29 is 19.5 Å². The second kappa shape index (κ2) is 4.04. The van der Waals surface area contributed by atoms with Crippen LogP contribution in [0.25, 0.3) is 0 Å². The maximum Gasteiger partial charge on any atom is 0.335 e. The van der Waals surface area contributed by atoms with Gasteiger partial charge in [-0.25, -0.2) is 9.69 Å². The van der Waals surface area contributed by atoms with Crippen LogP contribution in [0.1, 0.15) is 16.8 Å². The van der Waals surface area contributed by atoms with Gasteiger partial charge in [-0.05, 0) is 36.5 Å². The molecule has 0 spiro atoms. The van der Waals surface area contributed by atoms with Crippen molar-refractivity contribution in [2.24, 2.45) is 23.7 Å². The van der Waals surface area contributed by atoms with Gasteiger partial charge in [0.1, 0.15) is 0 Å². The van der Waals surface area contributed by atoms with Crippen LogP contribution in [0, 0.1) is 23.7 Å². The average Bonchev–Trinajstić information content (AvgIpc) is 3.13. The first-order valence-corrected chi connectivity index (χ1v) is 6.97. The van der Waals surface area contributed by atoms with Crippen molar-refractivity contribution in [3.8, 4) is 0 Å². The molecule has 5 heteroatoms. The van der Waals surface area contributed by atoms with Gasteiger partial charge in [-0.15, -0.1) is 0 Å². The highest BCUT2D eigenvalue weighted by Crippen LogP contribution is 2.53. The summed E-state index contributed by atoms with van der Waals surface area (Å²) in [6.45, 7) is 0. The van der Waals surface area contributed by atoms with Gasteiger partial charge < -0.3 is 5.11 Å². The van der Waals surface area contributed by atoms with Gasteiger partial charge in [0.25, 0.3) is 0 Å². The lowest BCUT2D eigenvalue weighted by Gasteiger charge is -2.17. The highest BCUT2D eigenvalue weighted by molar-refractivity contribution is 6.23. The second-order valence-electron chi connectivity index (χ2n) is 5.87. The van der Waals surface area contributed by atoms with Crippen LogP contribution in [0.15, 0.2) is 36.4 Å². The first-order chi connectivity index (χ1) is 10.1. The lowest BCUT2D eigenvalue weighted by molar-refractivity contribution is -0.123. The molecule has 1 aromatic rings. The third-order valence-electron chi connectivity index (χ3n) is 4.82. The van der Waals surface area contributed by atoms with E-state index in [4.69, 9.17) is 5.11 Å². The number of amides is 2. The number of rotatable bonds is 2. The molecular formula is C16H13NO4. The minimum absolute atomic E-state index is 0.0752. The zero-order valence-corrected chi connectivity index (χ0v) is 11.1. The molecule has 4 atom stereocenters. The van der Waals surface area contributed by atoms with E-state index >= 15 is 0 Å². The number of carbonyl (C=O) groups is 3. The molecule has 1 saturated heterocycles. The van der Waals surface area contributed by atoms with E-state index in [2.05, 4.69) is 0 Å². The van der Waals surface area contributed by atoms with E-state index in [1.54, 1.807) is 12.1 Å². The van der Waals surface area contributed by atoms with Crippen LogP contribution in [-0.2, 0) is 9.59 Å². The van der Waals surface area contributed by atoms with Crippen molar-refractivity contribution in [1.82, 2.24) is 0 Å². The van der Waals surface area contributed by atoms with Crippen LogP contribution in [0.3, 0.4) is 0 Å². The first kappa shape index (κ1) is 12.3. The zero-order chi connectivity index (χ0) is 14.7. The number of carboxylic acids is 1. The maximum atomic E-state index is 12.6. The average molecular weight is 283 g/mol. The van der Waals surface area contributed by atoms with Gasteiger partial charge in [0.05, 0.1) is 23.1 Å². The molecule has 1 heterocycles. The Hall–Kier alpha value is -2.43. The third kappa shape index (κ3) is 1.54. The molecule has 3 aliphatic rings. The van der Waals surface area contributed by atoms with Gasteiger partial charge >= 0.3 is 5.97 Å². The molecule has 2 aliphatic carbocycles. The summed E-state index contributed by atoms with van der Waals surface area (Å²) in [5, 5.41) is 9.04. The number of allylic oxidation sites excluding steroid dienone is 2. The van der Waals surface area contributed by atoms with Crippen molar-refractivity contribution in [2.75, 3.05) is 4.90 Å². The van der Waals surface area contributed by atoms with Gasteiger partial charge in [0, 0.05) is 0 Å². The maximum absolute atomic E-state index is 12.6. The number of imide groups is 1. The van der Waals surface area contributed by atoms with E-state index < -0.39 is 5.97 Å². The molecule has 0 radical (unpaired) electrons. The van der Waals surface area contributed by atoms with Crippen LogP contribution in [0.4, 0.5) is 5.69 Å². The molecule has 1 aromatic carbocycles. The Morgan fingerprint density at radius 1 is 1.10 bits per heavy atom. The van der Waals surface area contributed by atoms with Gasteiger partial charge in [-0.3, -0.25) is 9.59 Å². The van der Waals surface area contributed by atoms with E-state index in [9.17, 15) is 14.4 Å². The van der Waals surface area contributed by atoms with Crippen molar-refractivity contribution >= 4 is 23.5 Å². The molecule has 0 aromatic heterocycles. The van der Waals surface area contributed by atoms with Crippen LogP contribution >= 0.6 is 0 Å². The summed E-state index contributed by atoms with van der Waals surface area (Å²) in [5.74, 6) is -1.66. The largest absolute Gasteiger partial charge is 0.478 e. The normalized spacial score (nSPS) is 32.9. The minimum atomic E-state index is -1.07. The number of hydrogen-bond donors (Lipinski definition) is 1. The number of fused-ring (bicyclic) bond motifs is 5. The summed E-state index contributed by atoms with van der Waals surface area (Å²) >= 11 is 0. The van der Waals surface area contributed by atoms with Gasteiger partial charge in [0.15, 0.2) is 0 Å². The summed E-state index contributed by atoms with van der Waals surface area (Å²) < 4.78 is 0. The fourth-order valence-electron chi connectivity index (χ4n) is 3.93. The predicted octanol–water partition coefficient (Wildman–Crippen LogP) is 1.70. The number of carboxylic acid groups (broad SMARTS) is 1. The Morgan fingerprint density at radius 3 is 2.29 bits per heavy atom. The van der Waals surface area contributed by atoms with E-state index in [1.807, 2.05) is 12.2 Å². The number of benzene rings is 1. The summed E-state index contributed by atoms with van der Waals surface area (Å²) in [7, 11) is 0. The summed E-state index contributed by atoms with van der Waals surface area (Å²) in [6, 6.07) is 6.00. The van der Waals surface area contributed by atoms with Gasteiger partial charge in [-0.2, -0.15) is 0 Å². The molecule has 4 rings (SSSR count). The molecule has 1 N–H and O–H groups in total. The second-order valence-corrected chi connectivity index (χ2v) is 5.87. The quantitative estimate of drug-likeness (QED) is 0.662. The van der Waals surface area contributed by atoms with Crippen LogP contribution < -0.4 is 4.90 Å². The number of carbonyl (C=O) groups excluding carboxylic acids is 2. The first-order valence-electron chi connectivity index (χ1n) is 6.97. The lowest BCUT2D eigenvalue weighted by Crippen LogP contribution is -2.32. The summed E-state index contributed by atoms with van der Waals surface area (Å²) in [6.07, 6.45) is 4.96. The van der Waals surface area contributed by atoms with Crippen LogP contribution in [-0.4, -0.2) is 22.9 Å². The highest BCUT2D eigenvalue weighted by Gasteiger charge is 2.59. The molecule has 2 bridgehead atoms. The van der Waals surface area contributed by atoms with Crippen molar-refractivity contribution in [3.05, 3.63) is 42.0 Å². The minimum Gasteiger partial charge on any atom is -0.478 e. The number of anilines is 1. The molecule has 2 amide bonds. The number of hydrogen-bond acceptors (Lipinski definition) is 3. The summed E-state index contributed by atoms with van der Waals surface area (Å²) in [5.41, 5.74) is 0.435. The van der Waals surface area contributed by atoms with E-state index in [0.29, 0.717) is 5.69 Å². The number of nitrogens with zero attached hydrogens (tertiary/aromatic N) is 1. The van der Waals surface area contributed by atoms with Crippen LogP contribution in [0.2, 0.25) is 0 Å². The van der Waals surface area contributed by atoms with Gasteiger partial charge in [-0.1, -0.05) is 18.2 Å². The van der Waals surface area contributed by atoms with Crippen molar-refractivity contribution in [3.63, 3.8) is 0 Å². The standard InChI is InChI=1S/C16H13NO4/c18-14-12-8-4-5-9(6-8)13(12)15(19)17(14)11-3-1-2-10(7-11)16(20)21/h1-5,7-9,12-13H,6H2,(H,20,21)/t8-,9+,12+,13-. The Bertz CT molecular complexity index is 678. The monoisotopic (exact) mass is 283 g/mol. The topological polar surface area (TPSA) is 74.7 Å². The Kier molecular flexibility index (Phi) is 2.37. The van der Waals surface area contributed by atoms with Crippen LogP contribution in [0.5, 0.6) is 0 Å². The lowest BCUT2D eigenvalue weighted by atomic mass is 9.85. The third-order valence-corrected chi connectivity index (χ3v) is 4.82. The highest BCUT2D eigenvalue weighted by atomic mass is 16.4. The Morgan fingerprint density at radius 2 is 1.71 bits per heavy atom. The fourth-order valence-corrected chi connectivity index (χ4v) is 3.93. The molecule has 1 saturated carbocycles. The Labute approximate surface area is 120 Å². The number of aromatic carboxylic acids is 1. The fraction of sp³-hybridized carbons (Fsp3) is 0.312. The van der Waals surface area contributed by atoms with Gasteiger partial charge in [0.2, 0.25) is 11.8 Å². The van der Waals surface area contributed by atoms with E-state index in [1.165, 1.54) is 17.0 Å². The molecule has 2 fully saturated rings. The van der Waals surface area contributed by atoms with Crippen molar-refractivity contribution in [2.45, 2.75) is 6.42 Å². The smallest absolute Gasteiger partial charge is 0.335 e. The SMILES string of the molecule is O=C(O)c1cccc(N2C(=O)[C@@H]3[C@H](C2=O)[C@H]2C=C[C@@H]3C2)c1. The molecule has 5 nitrogen and oxygen atoms in total.